The van der Waals surface area contributed by atoms with Gasteiger partial charge in [-0.15, -0.1) is 10.2 Å². The summed E-state index contributed by atoms with van der Waals surface area (Å²) < 4.78 is 2.00. The number of halogens is 1. The highest BCUT2D eigenvalue weighted by Gasteiger charge is 2.25. The van der Waals surface area contributed by atoms with Gasteiger partial charge in [0, 0.05) is 24.2 Å². The normalized spacial score (nSPS) is 15.5. The van der Waals surface area contributed by atoms with E-state index in [0.717, 1.165) is 37.6 Å². The average molecular weight is 394 g/mol. The summed E-state index contributed by atoms with van der Waals surface area (Å²) in [5.41, 5.74) is 0.906. The summed E-state index contributed by atoms with van der Waals surface area (Å²) in [5, 5.41) is 12.8. The van der Waals surface area contributed by atoms with Crippen molar-refractivity contribution in [3.63, 3.8) is 0 Å². The van der Waals surface area contributed by atoms with Crippen LogP contribution in [0.3, 0.4) is 0 Å². The van der Waals surface area contributed by atoms with Gasteiger partial charge in [0.2, 0.25) is 11.9 Å². The van der Waals surface area contributed by atoms with Gasteiger partial charge in [-0.1, -0.05) is 29.4 Å². The molecule has 2 heterocycles. The number of nitrogens with one attached hydrogen (secondary N) is 1. The Morgan fingerprint density at radius 2 is 1.96 bits per heavy atom. The van der Waals surface area contributed by atoms with Gasteiger partial charge in [-0.2, -0.15) is 0 Å². The van der Waals surface area contributed by atoms with Gasteiger partial charge in [-0.3, -0.25) is 9.36 Å². The van der Waals surface area contributed by atoms with E-state index in [1.807, 2.05) is 49.6 Å². The van der Waals surface area contributed by atoms with Crippen LogP contribution in [0.5, 0.6) is 0 Å². The van der Waals surface area contributed by atoms with Crippen molar-refractivity contribution in [2.24, 2.45) is 0 Å². The highest BCUT2D eigenvalue weighted by molar-refractivity contribution is 8.00. The molecule has 26 heavy (non-hydrogen) atoms. The molecule has 140 valence electrons. The average Bonchev–Trinajstić information content (AvgIpc) is 3.23. The predicted molar refractivity (Wildman–Crippen MR) is 106 cm³/mol. The van der Waals surface area contributed by atoms with Gasteiger partial charge in [-0.05, 0) is 51.8 Å². The Morgan fingerprint density at radius 1 is 1.23 bits per heavy atom. The molecule has 3 rings (SSSR count). The molecule has 0 aliphatic carbocycles. The van der Waals surface area contributed by atoms with Crippen LogP contribution >= 0.6 is 23.4 Å². The predicted octanol–water partition coefficient (Wildman–Crippen LogP) is 3.53. The Labute approximate surface area is 163 Å². The standard InChI is InChI=1S/C18H24ClN5OS/c1-12(2)20-16(25)13(3)26-18-22-21-17(23-9-4-5-10-23)24(18)15-8-6-7-14(19)11-15/h6-8,11-13H,4-5,9-10H2,1-3H3,(H,20,25)/t13-/m0/s1. The van der Waals surface area contributed by atoms with Crippen LogP contribution in [0.25, 0.3) is 5.69 Å². The van der Waals surface area contributed by atoms with Crippen molar-refractivity contribution in [1.29, 1.82) is 0 Å². The number of carbonyl (C=O) groups is 1. The van der Waals surface area contributed by atoms with Crippen molar-refractivity contribution in [3.05, 3.63) is 29.3 Å². The van der Waals surface area contributed by atoms with Gasteiger partial charge in [0.05, 0.1) is 10.9 Å². The largest absolute Gasteiger partial charge is 0.353 e. The van der Waals surface area contributed by atoms with Crippen molar-refractivity contribution in [1.82, 2.24) is 20.1 Å². The molecule has 1 saturated heterocycles. The van der Waals surface area contributed by atoms with E-state index < -0.39 is 0 Å². The number of aromatic nitrogens is 3. The molecule has 2 aromatic rings. The second-order valence-corrected chi connectivity index (χ2v) is 8.46. The van der Waals surface area contributed by atoms with E-state index in [1.54, 1.807) is 0 Å². The lowest BCUT2D eigenvalue weighted by Crippen LogP contribution is -2.36. The van der Waals surface area contributed by atoms with E-state index in [0.29, 0.717) is 10.2 Å². The van der Waals surface area contributed by atoms with Crippen LogP contribution in [-0.4, -0.2) is 45.1 Å². The highest BCUT2D eigenvalue weighted by atomic mass is 35.5. The molecule has 0 saturated carbocycles. The Bertz CT molecular complexity index is 773. The summed E-state index contributed by atoms with van der Waals surface area (Å²) in [6.45, 7) is 7.72. The molecule has 1 fully saturated rings. The summed E-state index contributed by atoms with van der Waals surface area (Å²) in [7, 11) is 0. The Kier molecular flexibility index (Phi) is 6.09. The third kappa shape index (κ3) is 4.32. The van der Waals surface area contributed by atoms with Gasteiger partial charge in [0.25, 0.3) is 0 Å². The molecule has 0 unspecified atom stereocenters. The molecule has 1 aromatic carbocycles. The number of anilines is 1. The zero-order valence-electron chi connectivity index (χ0n) is 15.3. The van der Waals surface area contributed by atoms with E-state index in [1.165, 1.54) is 11.8 Å². The fourth-order valence-corrected chi connectivity index (χ4v) is 3.97. The van der Waals surface area contributed by atoms with E-state index in [-0.39, 0.29) is 17.2 Å². The smallest absolute Gasteiger partial charge is 0.233 e. The Morgan fingerprint density at radius 3 is 2.62 bits per heavy atom. The summed E-state index contributed by atoms with van der Waals surface area (Å²) in [5.74, 6) is 0.803. The van der Waals surface area contributed by atoms with Crippen LogP contribution in [0, 0.1) is 0 Å². The van der Waals surface area contributed by atoms with E-state index in [9.17, 15) is 4.79 Å². The minimum absolute atomic E-state index is 0.00614. The summed E-state index contributed by atoms with van der Waals surface area (Å²) in [4.78, 5) is 14.5. The molecule has 1 aromatic heterocycles. The van der Waals surface area contributed by atoms with Crippen LogP contribution in [-0.2, 0) is 4.79 Å². The number of carbonyl (C=O) groups excluding carboxylic acids is 1. The van der Waals surface area contributed by atoms with Gasteiger partial charge in [0.1, 0.15) is 0 Å². The minimum Gasteiger partial charge on any atom is -0.353 e. The zero-order chi connectivity index (χ0) is 18.7. The molecule has 0 spiro atoms. The molecular formula is C18H24ClN5OS. The maximum absolute atomic E-state index is 12.3. The minimum atomic E-state index is -0.272. The van der Waals surface area contributed by atoms with Crippen LogP contribution < -0.4 is 10.2 Å². The van der Waals surface area contributed by atoms with Gasteiger partial charge >= 0.3 is 0 Å². The van der Waals surface area contributed by atoms with Crippen LogP contribution in [0.15, 0.2) is 29.4 Å². The number of hydrogen-bond donors (Lipinski definition) is 1. The number of thioether (sulfide) groups is 1. The molecule has 1 atom stereocenters. The first-order valence-corrected chi connectivity index (χ1v) is 10.1. The maximum Gasteiger partial charge on any atom is 0.233 e. The maximum atomic E-state index is 12.3. The second-order valence-electron chi connectivity index (χ2n) is 6.72. The van der Waals surface area contributed by atoms with Crippen molar-refractivity contribution in [2.45, 2.75) is 50.1 Å². The first kappa shape index (κ1) is 19.0. The fourth-order valence-electron chi connectivity index (χ4n) is 2.92. The number of nitrogens with zero attached hydrogens (tertiary/aromatic N) is 4. The lowest BCUT2D eigenvalue weighted by atomic mass is 10.3. The Hall–Kier alpha value is -1.73. The highest BCUT2D eigenvalue weighted by Crippen LogP contribution is 2.31. The quantitative estimate of drug-likeness (QED) is 0.760. The summed E-state index contributed by atoms with van der Waals surface area (Å²) in [6.07, 6.45) is 2.30. The van der Waals surface area contributed by atoms with Gasteiger partial charge < -0.3 is 10.2 Å². The van der Waals surface area contributed by atoms with Gasteiger partial charge in [0.15, 0.2) is 5.16 Å². The topological polar surface area (TPSA) is 63.1 Å². The zero-order valence-corrected chi connectivity index (χ0v) is 16.8. The molecule has 8 heteroatoms. The third-order valence-electron chi connectivity index (χ3n) is 4.15. The second kappa shape index (κ2) is 8.31. The SMILES string of the molecule is CC(C)NC(=O)[C@H](C)Sc1nnc(N2CCCC2)n1-c1cccc(Cl)c1. The molecule has 1 aliphatic heterocycles. The molecule has 1 aliphatic rings. The van der Waals surface area contributed by atoms with Crippen LogP contribution in [0.1, 0.15) is 33.6 Å². The van der Waals surface area contributed by atoms with Crippen molar-refractivity contribution in [3.8, 4) is 5.69 Å². The molecule has 6 nitrogen and oxygen atoms in total. The fraction of sp³-hybridized carbons (Fsp3) is 0.500. The lowest BCUT2D eigenvalue weighted by molar-refractivity contribution is -0.120. The molecular weight excluding hydrogens is 370 g/mol. The van der Waals surface area contributed by atoms with Crippen LogP contribution in [0.2, 0.25) is 5.02 Å². The van der Waals surface area contributed by atoms with E-state index in [4.69, 9.17) is 11.6 Å². The van der Waals surface area contributed by atoms with Crippen LogP contribution in [0.4, 0.5) is 5.95 Å². The Balaban J connectivity index is 1.93. The lowest BCUT2D eigenvalue weighted by Gasteiger charge is -2.19. The molecule has 0 bridgehead atoms. The summed E-state index contributed by atoms with van der Waals surface area (Å²) >= 11 is 7.61. The van der Waals surface area contributed by atoms with Crippen molar-refractivity contribution < 1.29 is 4.79 Å². The molecule has 0 radical (unpaired) electrons. The van der Waals surface area contributed by atoms with Gasteiger partial charge in [-0.25, -0.2) is 0 Å². The van der Waals surface area contributed by atoms with Crippen molar-refractivity contribution in [2.75, 3.05) is 18.0 Å². The number of rotatable bonds is 6. The first-order chi connectivity index (χ1) is 12.5. The van der Waals surface area contributed by atoms with E-state index >= 15 is 0 Å². The molecule has 1 N–H and O–H groups in total. The number of benzene rings is 1. The number of hydrogen-bond acceptors (Lipinski definition) is 5. The monoisotopic (exact) mass is 393 g/mol. The van der Waals surface area contributed by atoms with Crippen molar-refractivity contribution >= 4 is 35.2 Å². The number of amides is 1. The summed E-state index contributed by atoms with van der Waals surface area (Å²) in [6, 6.07) is 7.74. The molecule has 1 amide bonds. The first-order valence-electron chi connectivity index (χ1n) is 8.89. The van der Waals surface area contributed by atoms with E-state index in [2.05, 4.69) is 20.4 Å². The third-order valence-corrected chi connectivity index (χ3v) is 5.43.